The monoisotopic (exact) mass is 443 g/mol. The van der Waals surface area contributed by atoms with Crippen LogP contribution in [0, 0.1) is 0 Å². The zero-order valence-corrected chi connectivity index (χ0v) is 18.4. The lowest BCUT2D eigenvalue weighted by atomic mass is 9.92. The van der Waals surface area contributed by atoms with Crippen LogP contribution in [0.4, 0.5) is 5.69 Å². The predicted octanol–water partition coefficient (Wildman–Crippen LogP) is 3.08. The average molecular weight is 444 g/mol. The van der Waals surface area contributed by atoms with Gasteiger partial charge < -0.3 is 15.5 Å². The Hall–Kier alpha value is -2.87. The zero-order valence-electron chi connectivity index (χ0n) is 17.7. The van der Waals surface area contributed by atoms with Crippen LogP contribution in [-0.2, 0) is 11.3 Å². The molecule has 0 spiro atoms. The maximum absolute atomic E-state index is 13.1. The van der Waals surface area contributed by atoms with Crippen molar-refractivity contribution >= 4 is 35.0 Å². The Bertz CT molecular complexity index is 1010. The Balaban J connectivity index is 1.53. The Labute approximate surface area is 185 Å². The summed E-state index contributed by atoms with van der Waals surface area (Å²) in [7, 11) is 1.62. The molecular formula is C22H26ClN5O3. The van der Waals surface area contributed by atoms with E-state index in [9.17, 15) is 14.4 Å². The number of halogens is 1. The van der Waals surface area contributed by atoms with Gasteiger partial charge in [0, 0.05) is 29.9 Å². The van der Waals surface area contributed by atoms with Crippen LogP contribution in [0.25, 0.3) is 0 Å². The molecule has 1 atom stereocenters. The third kappa shape index (κ3) is 4.17. The van der Waals surface area contributed by atoms with Crippen LogP contribution < -0.4 is 10.6 Å². The minimum absolute atomic E-state index is 0.114. The standard InChI is InChI=1S/C22H26ClN5O3/c1-22(21(31)25-15-6-4-3-5-7-15)13-28-18(20(30)27(22)2)12-17(26-28)19(29)24-16-10-8-14(23)9-11-16/h8-12,15H,3-7,13H2,1-2H3,(H,24,29)(H,25,31)/t22-/m1/s1. The first kappa shape index (κ1) is 21.4. The second-order valence-electron chi connectivity index (χ2n) is 8.48. The van der Waals surface area contributed by atoms with Crippen molar-refractivity contribution in [3.05, 3.63) is 46.7 Å². The van der Waals surface area contributed by atoms with Crippen LogP contribution in [0.2, 0.25) is 5.02 Å². The van der Waals surface area contributed by atoms with Gasteiger partial charge in [0.2, 0.25) is 5.91 Å². The normalized spacial score (nSPS) is 21.5. The largest absolute Gasteiger partial charge is 0.351 e. The van der Waals surface area contributed by atoms with Crippen LogP contribution in [0.5, 0.6) is 0 Å². The molecule has 0 unspecified atom stereocenters. The van der Waals surface area contributed by atoms with Crippen LogP contribution in [-0.4, -0.2) is 51.0 Å². The Kier molecular flexibility index (Phi) is 5.75. The second-order valence-corrected chi connectivity index (χ2v) is 8.92. The molecule has 2 N–H and O–H groups in total. The van der Waals surface area contributed by atoms with Crippen molar-refractivity contribution in [1.82, 2.24) is 20.0 Å². The number of rotatable bonds is 4. The highest BCUT2D eigenvalue weighted by molar-refractivity contribution is 6.30. The van der Waals surface area contributed by atoms with Gasteiger partial charge in [-0.15, -0.1) is 0 Å². The summed E-state index contributed by atoms with van der Waals surface area (Å²) in [4.78, 5) is 40.2. The van der Waals surface area contributed by atoms with Crippen LogP contribution in [0.3, 0.4) is 0 Å². The van der Waals surface area contributed by atoms with Gasteiger partial charge >= 0.3 is 0 Å². The summed E-state index contributed by atoms with van der Waals surface area (Å²) in [6.45, 7) is 1.92. The maximum Gasteiger partial charge on any atom is 0.276 e. The second kappa shape index (κ2) is 8.34. The number of benzene rings is 1. The fraction of sp³-hybridized carbons (Fsp3) is 0.455. The maximum atomic E-state index is 13.1. The molecule has 1 aromatic carbocycles. The highest BCUT2D eigenvalue weighted by atomic mass is 35.5. The molecule has 2 aromatic rings. The lowest BCUT2D eigenvalue weighted by molar-refractivity contribution is -0.133. The number of aromatic nitrogens is 2. The quantitative estimate of drug-likeness (QED) is 0.758. The van der Waals surface area contributed by atoms with E-state index < -0.39 is 11.4 Å². The van der Waals surface area contributed by atoms with Crippen molar-refractivity contribution in [2.24, 2.45) is 0 Å². The smallest absolute Gasteiger partial charge is 0.276 e. The molecule has 31 heavy (non-hydrogen) atoms. The first-order chi connectivity index (χ1) is 14.8. The van der Waals surface area contributed by atoms with E-state index in [1.165, 1.54) is 22.1 Å². The number of nitrogens with one attached hydrogen (secondary N) is 2. The number of nitrogens with zero attached hydrogens (tertiary/aromatic N) is 3. The summed E-state index contributed by atoms with van der Waals surface area (Å²) in [6, 6.07) is 8.31. The molecule has 0 radical (unpaired) electrons. The number of likely N-dealkylation sites (N-methyl/N-ethyl adjacent to an activating group) is 1. The van der Waals surface area contributed by atoms with E-state index in [1.54, 1.807) is 38.2 Å². The predicted molar refractivity (Wildman–Crippen MR) is 117 cm³/mol. The van der Waals surface area contributed by atoms with Crippen LogP contribution in [0.15, 0.2) is 30.3 Å². The van der Waals surface area contributed by atoms with E-state index in [0.29, 0.717) is 10.7 Å². The van der Waals surface area contributed by atoms with Crippen molar-refractivity contribution in [3.63, 3.8) is 0 Å². The number of fused-ring (bicyclic) bond motifs is 1. The fourth-order valence-electron chi connectivity index (χ4n) is 4.15. The Morgan fingerprint density at radius 3 is 2.52 bits per heavy atom. The molecule has 9 heteroatoms. The van der Waals surface area contributed by atoms with Crippen molar-refractivity contribution in [2.75, 3.05) is 12.4 Å². The summed E-state index contributed by atoms with van der Waals surface area (Å²) in [5, 5.41) is 10.7. The van der Waals surface area contributed by atoms with E-state index in [1.807, 2.05) is 0 Å². The van der Waals surface area contributed by atoms with Gasteiger partial charge in [-0.3, -0.25) is 19.1 Å². The number of amides is 3. The summed E-state index contributed by atoms with van der Waals surface area (Å²) < 4.78 is 1.46. The van der Waals surface area contributed by atoms with Gasteiger partial charge in [-0.2, -0.15) is 5.10 Å². The molecule has 3 amide bonds. The summed E-state index contributed by atoms with van der Waals surface area (Å²) >= 11 is 5.87. The molecule has 4 rings (SSSR count). The minimum Gasteiger partial charge on any atom is -0.351 e. The van der Waals surface area contributed by atoms with E-state index in [2.05, 4.69) is 15.7 Å². The van der Waals surface area contributed by atoms with Crippen LogP contribution >= 0.6 is 11.6 Å². The first-order valence-electron chi connectivity index (χ1n) is 10.5. The van der Waals surface area contributed by atoms with Gasteiger partial charge in [-0.25, -0.2) is 0 Å². The summed E-state index contributed by atoms with van der Waals surface area (Å²) in [5.74, 6) is -0.970. The summed E-state index contributed by atoms with van der Waals surface area (Å²) in [6.07, 6.45) is 5.32. The molecular weight excluding hydrogens is 418 g/mol. The molecule has 1 aliphatic carbocycles. The van der Waals surface area contributed by atoms with Gasteiger partial charge in [-0.1, -0.05) is 30.9 Å². The molecule has 0 bridgehead atoms. The first-order valence-corrected chi connectivity index (χ1v) is 10.9. The van der Waals surface area contributed by atoms with Gasteiger partial charge in [0.25, 0.3) is 11.8 Å². The molecule has 164 valence electrons. The molecule has 2 aliphatic rings. The minimum atomic E-state index is -1.09. The topological polar surface area (TPSA) is 96.3 Å². The van der Waals surface area contributed by atoms with Gasteiger partial charge in [0.1, 0.15) is 11.2 Å². The van der Waals surface area contributed by atoms with E-state index in [-0.39, 0.29) is 35.8 Å². The van der Waals surface area contributed by atoms with E-state index in [4.69, 9.17) is 11.6 Å². The molecule has 2 heterocycles. The third-order valence-corrected chi connectivity index (χ3v) is 6.52. The molecule has 1 fully saturated rings. The van der Waals surface area contributed by atoms with Crippen molar-refractivity contribution in [2.45, 2.75) is 57.2 Å². The van der Waals surface area contributed by atoms with E-state index >= 15 is 0 Å². The molecule has 8 nitrogen and oxygen atoms in total. The SMILES string of the molecule is CN1C(=O)c2cc(C(=O)Nc3ccc(Cl)cc3)nn2C[C@]1(C)C(=O)NC1CCCCC1. The van der Waals surface area contributed by atoms with Crippen LogP contribution in [0.1, 0.15) is 60.0 Å². The number of hydrogen-bond acceptors (Lipinski definition) is 4. The number of hydrogen-bond donors (Lipinski definition) is 2. The highest BCUT2D eigenvalue weighted by Gasteiger charge is 2.46. The molecule has 0 saturated heterocycles. The van der Waals surface area contributed by atoms with Crippen molar-refractivity contribution < 1.29 is 14.4 Å². The lowest BCUT2D eigenvalue weighted by Crippen LogP contribution is -2.63. The van der Waals surface area contributed by atoms with Crippen molar-refractivity contribution in [1.29, 1.82) is 0 Å². The van der Waals surface area contributed by atoms with E-state index in [0.717, 1.165) is 25.7 Å². The lowest BCUT2D eigenvalue weighted by Gasteiger charge is -2.41. The van der Waals surface area contributed by atoms with Gasteiger partial charge in [0.05, 0.1) is 6.54 Å². The molecule has 1 aromatic heterocycles. The Morgan fingerprint density at radius 1 is 1.16 bits per heavy atom. The summed E-state index contributed by atoms with van der Waals surface area (Å²) in [5.41, 5.74) is -0.117. The van der Waals surface area contributed by atoms with Gasteiger partial charge in [-0.05, 0) is 44.0 Å². The molecule has 1 aliphatic heterocycles. The molecule has 1 saturated carbocycles. The number of carbonyl (C=O) groups is 3. The van der Waals surface area contributed by atoms with Crippen molar-refractivity contribution in [3.8, 4) is 0 Å². The fourth-order valence-corrected chi connectivity index (χ4v) is 4.28. The zero-order chi connectivity index (χ0) is 22.2. The highest BCUT2D eigenvalue weighted by Crippen LogP contribution is 2.27. The van der Waals surface area contributed by atoms with Gasteiger partial charge in [0.15, 0.2) is 5.69 Å². The average Bonchev–Trinajstić information content (AvgIpc) is 3.18. The number of anilines is 1. The third-order valence-electron chi connectivity index (χ3n) is 6.27. The number of carbonyl (C=O) groups excluding carboxylic acids is 3. The Morgan fingerprint density at radius 2 is 1.84 bits per heavy atom.